The van der Waals surface area contributed by atoms with Crippen molar-refractivity contribution in [2.24, 2.45) is 17.6 Å². The summed E-state index contributed by atoms with van der Waals surface area (Å²) in [6.45, 7) is 4.01. The van der Waals surface area contributed by atoms with Crippen molar-refractivity contribution in [3.05, 3.63) is 23.0 Å². The van der Waals surface area contributed by atoms with Crippen molar-refractivity contribution in [3.8, 4) is 6.07 Å². The molecular weight excluding hydrogens is 336 g/mol. The van der Waals surface area contributed by atoms with E-state index in [9.17, 15) is 10.1 Å². The van der Waals surface area contributed by atoms with Gasteiger partial charge < -0.3 is 21.1 Å². The maximum Gasteiger partial charge on any atom is 0.336 e. The number of dihydropyridines is 1. The molecular formula is C15H23ClN4O2S. The Hall–Kier alpha value is -1.78. The van der Waals surface area contributed by atoms with Crippen LogP contribution in [-0.2, 0) is 9.53 Å². The lowest BCUT2D eigenvalue weighted by molar-refractivity contribution is -0.139. The van der Waals surface area contributed by atoms with E-state index < -0.39 is 0 Å². The Labute approximate surface area is 148 Å². The van der Waals surface area contributed by atoms with Gasteiger partial charge in [0.05, 0.1) is 23.8 Å². The molecule has 1 aliphatic heterocycles. The molecule has 0 aromatic carbocycles. The summed E-state index contributed by atoms with van der Waals surface area (Å²) in [5.41, 5.74) is 7.03. The topological polar surface area (TPSA) is 100 Å². The molecule has 0 spiro atoms. The number of nitrogens with zero attached hydrogens (tertiary/aromatic N) is 1. The molecule has 0 aromatic heterocycles. The van der Waals surface area contributed by atoms with E-state index in [0.717, 1.165) is 18.5 Å². The summed E-state index contributed by atoms with van der Waals surface area (Å²) in [7, 11) is 1.68. The van der Waals surface area contributed by atoms with Crippen LogP contribution in [0.2, 0.25) is 0 Å². The monoisotopic (exact) mass is 358 g/mol. The molecule has 8 heteroatoms. The molecule has 0 bridgehead atoms. The van der Waals surface area contributed by atoms with Gasteiger partial charge in [0.25, 0.3) is 0 Å². The lowest BCUT2D eigenvalue weighted by Gasteiger charge is -2.24. The van der Waals surface area contributed by atoms with Gasteiger partial charge in [0, 0.05) is 24.9 Å². The van der Waals surface area contributed by atoms with Crippen LogP contribution in [0, 0.1) is 23.2 Å². The van der Waals surface area contributed by atoms with Crippen molar-refractivity contribution < 1.29 is 9.53 Å². The van der Waals surface area contributed by atoms with E-state index in [4.69, 9.17) is 10.5 Å². The second-order valence-electron chi connectivity index (χ2n) is 5.04. The largest absolute Gasteiger partial charge is 0.463 e. The minimum atomic E-state index is -0.308. The van der Waals surface area contributed by atoms with Crippen molar-refractivity contribution in [1.29, 1.82) is 5.26 Å². The summed E-state index contributed by atoms with van der Waals surface area (Å²) in [6.07, 6.45) is 3.86. The van der Waals surface area contributed by atoms with E-state index in [0.29, 0.717) is 28.8 Å². The predicted octanol–water partition coefficient (Wildman–Crippen LogP) is 1.73. The first-order valence-electron chi connectivity index (χ1n) is 7.17. The smallest absolute Gasteiger partial charge is 0.336 e. The van der Waals surface area contributed by atoms with Gasteiger partial charge in [-0.2, -0.15) is 5.26 Å². The average Bonchev–Trinajstić information content (AvgIpc) is 3.32. The second-order valence-corrected chi connectivity index (χ2v) is 5.48. The highest BCUT2D eigenvalue weighted by molar-refractivity contribution is 7.80. The quantitative estimate of drug-likeness (QED) is 0.521. The molecule has 0 radical (unpaired) electrons. The molecule has 0 aromatic rings. The maximum atomic E-state index is 11.8. The number of allylic oxidation sites excluding steroid dienone is 2. The van der Waals surface area contributed by atoms with E-state index in [1.807, 2.05) is 6.92 Å². The molecule has 0 amide bonds. The molecule has 1 heterocycles. The van der Waals surface area contributed by atoms with Gasteiger partial charge in [-0.25, -0.2) is 4.79 Å². The van der Waals surface area contributed by atoms with Crippen LogP contribution in [0.3, 0.4) is 0 Å². The fourth-order valence-corrected chi connectivity index (χ4v) is 2.22. The number of carbonyl (C=O) groups excluding carboxylic acids is 1. The van der Waals surface area contributed by atoms with Crippen molar-refractivity contribution >= 4 is 35.7 Å². The van der Waals surface area contributed by atoms with Crippen LogP contribution in [0.25, 0.3) is 0 Å². The Kier molecular flexibility index (Phi) is 9.30. The van der Waals surface area contributed by atoms with E-state index >= 15 is 0 Å². The highest BCUT2D eigenvalue weighted by atomic mass is 35.5. The lowest BCUT2D eigenvalue weighted by atomic mass is 9.84. The number of carbonyl (C=O) groups is 1. The zero-order chi connectivity index (χ0) is 16.7. The summed E-state index contributed by atoms with van der Waals surface area (Å²) in [5, 5.41) is 15.1. The molecule has 2 aliphatic rings. The van der Waals surface area contributed by atoms with Crippen molar-refractivity contribution in [1.82, 2.24) is 10.6 Å². The van der Waals surface area contributed by atoms with Gasteiger partial charge in [0.15, 0.2) is 5.11 Å². The van der Waals surface area contributed by atoms with Crippen LogP contribution in [0.15, 0.2) is 23.0 Å². The zero-order valence-electron chi connectivity index (χ0n) is 13.5. The van der Waals surface area contributed by atoms with Gasteiger partial charge in [0.1, 0.15) is 0 Å². The third kappa shape index (κ3) is 6.08. The van der Waals surface area contributed by atoms with E-state index in [1.165, 1.54) is 0 Å². The van der Waals surface area contributed by atoms with Crippen LogP contribution >= 0.6 is 24.6 Å². The molecule has 6 nitrogen and oxygen atoms in total. The number of ether oxygens (including phenoxy) is 1. The van der Waals surface area contributed by atoms with Crippen molar-refractivity contribution in [3.63, 3.8) is 0 Å². The van der Waals surface area contributed by atoms with Crippen molar-refractivity contribution in [2.45, 2.75) is 26.7 Å². The van der Waals surface area contributed by atoms with Gasteiger partial charge in [-0.1, -0.05) is 0 Å². The maximum absolute atomic E-state index is 11.8. The number of rotatable bonds is 3. The Morgan fingerprint density at radius 3 is 2.57 bits per heavy atom. The van der Waals surface area contributed by atoms with Crippen LogP contribution < -0.4 is 16.4 Å². The highest BCUT2D eigenvalue weighted by Gasteiger charge is 2.41. The first-order valence-corrected chi connectivity index (χ1v) is 7.58. The number of nitriles is 1. The van der Waals surface area contributed by atoms with Crippen LogP contribution in [0.1, 0.15) is 26.7 Å². The third-order valence-electron chi connectivity index (χ3n) is 3.47. The van der Waals surface area contributed by atoms with Gasteiger partial charge in [-0.05, 0) is 44.8 Å². The SMILES string of the molecule is CCOC(=O)C1=CNC(C)=C(C#N)[C@H]1C1CC1.CNC(N)=S.Cl. The minimum absolute atomic E-state index is 0. The van der Waals surface area contributed by atoms with E-state index in [-0.39, 0.29) is 24.3 Å². The molecule has 128 valence electrons. The molecule has 2 rings (SSSR count). The van der Waals surface area contributed by atoms with E-state index in [1.54, 1.807) is 20.2 Å². The predicted molar refractivity (Wildman–Crippen MR) is 95.5 cm³/mol. The Balaban J connectivity index is 0.000000709. The number of halogens is 1. The van der Waals surface area contributed by atoms with Gasteiger partial charge in [-0.15, -0.1) is 12.4 Å². The Bertz CT molecular complexity index is 550. The fourth-order valence-electron chi connectivity index (χ4n) is 2.22. The van der Waals surface area contributed by atoms with Crippen LogP contribution in [0.4, 0.5) is 0 Å². The number of hydrogen-bond acceptors (Lipinski definition) is 5. The van der Waals surface area contributed by atoms with Crippen LogP contribution in [-0.4, -0.2) is 24.7 Å². The normalized spacial score (nSPS) is 18.9. The zero-order valence-corrected chi connectivity index (χ0v) is 15.1. The minimum Gasteiger partial charge on any atom is -0.463 e. The van der Waals surface area contributed by atoms with Gasteiger partial charge in [0.2, 0.25) is 0 Å². The molecule has 1 fully saturated rings. The van der Waals surface area contributed by atoms with E-state index in [2.05, 4.69) is 28.9 Å². The number of nitrogens with two attached hydrogens (primary N) is 1. The number of thiocarbonyl (C=S) groups is 1. The Morgan fingerprint density at radius 2 is 2.17 bits per heavy atom. The van der Waals surface area contributed by atoms with Crippen molar-refractivity contribution in [2.75, 3.05) is 13.7 Å². The summed E-state index contributed by atoms with van der Waals surface area (Å²) < 4.78 is 5.04. The third-order valence-corrected chi connectivity index (χ3v) is 3.67. The Morgan fingerprint density at radius 1 is 1.61 bits per heavy atom. The summed E-state index contributed by atoms with van der Waals surface area (Å²) >= 11 is 4.36. The number of hydrogen-bond donors (Lipinski definition) is 3. The van der Waals surface area contributed by atoms with Gasteiger partial charge >= 0.3 is 5.97 Å². The molecule has 1 aliphatic carbocycles. The summed E-state index contributed by atoms with van der Waals surface area (Å²) in [4.78, 5) is 11.8. The van der Waals surface area contributed by atoms with Gasteiger partial charge in [-0.3, -0.25) is 0 Å². The summed E-state index contributed by atoms with van der Waals surface area (Å²) in [5.74, 6) is 0.0507. The standard InChI is InChI=1S/C13H16N2O2.C2H6N2S.ClH/c1-3-17-13(16)11-7-15-8(2)10(6-14)12(11)9-4-5-9;1-4-2(3)5;/h7,9,12,15H,3-5H2,1-2H3;1H3,(H3,3,4,5);1H/t12-;;/m1../s1. The average molecular weight is 359 g/mol. The molecule has 0 saturated heterocycles. The molecule has 1 atom stereocenters. The lowest BCUT2D eigenvalue weighted by Crippen LogP contribution is -2.27. The fraction of sp³-hybridized carbons (Fsp3) is 0.533. The number of nitrogens with one attached hydrogen (secondary N) is 2. The first kappa shape index (κ1) is 21.2. The van der Waals surface area contributed by atoms with Crippen LogP contribution in [0.5, 0.6) is 0 Å². The summed E-state index contributed by atoms with van der Waals surface area (Å²) in [6, 6.07) is 2.22. The second kappa shape index (κ2) is 10.1. The molecule has 4 N–H and O–H groups in total. The highest BCUT2D eigenvalue weighted by Crippen LogP contribution is 2.45. The number of esters is 1. The molecule has 1 saturated carbocycles. The first-order chi connectivity index (χ1) is 10.5. The molecule has 23 heavy (non-hydrogen) atoms. The molecule has 0 unspecified atom stereocenters.